The topological polar surface area (TPSA) is 685 Å². The number of nitrogens with one attached hydrogen (secondary N) is 1. The summed E-state index contributed by atoms with van der Waals surface area (Å²) in [4.78, 5) is 43.9. The maximum absolute atomic E-state index is 16.5. The van der Waals surface area contributed by atoms with Gasteiger partial charge in [-0.15, -0.1) is 6.58 Å². The molecule has 44 nitrogen and oxygen atoms in total. The highest BCUT2D eigenvalue weighted by atomic mass is 16.8. The minimum Gasteiger partial charge on any atom is -0.459 e. The lowest BCUT2D eigenvalue weighted by molar-refractivity contribution is -0.381. The number of aliphatic hydroxyl groups is 23. The van der Waals surface area contributed by atoms with Gasteiger partial charge in [0.15, 0.2) is 50.1 Å². The van der Waals surface area contributed by atoms with E-state index in [0.29, 0.717) is 32.1 Å². The summed E-state index contributed by atoms with van der Waals surface area (Å²) in [5, 5.41) is 260. The Kier molecular flexibility index (Phi) is 33.3. The Labute approximate surface area is 757 Å². The molecule has 1 amide bonds. The summed E-state index contributed by atoms with van der Waals surface area (Å²) in [6.07, 6.45) is -58.5. The normalized spacial score (nSPS) is 49.7. The van der Waals surface area contributed by atoms with Gasteiger partial charge in [-0.05, 0) is 123 Å². The summed E-state index contributed by atoms with van der Waals surface area (Å²) in [5.41, 5.74) is -8.76. The van der Waals surface area contributed by atoms with E-state index >= 15 is 4.79 Å². The highest BCUT2D eigenvalue weighted by Crippen LogP contribution is 2.76. The second-order valence-corrected chi connectivity index (χ2v) is 40.1. The molecule has 46 unspecified atom stereocenters. The highest BCUT2D eigenvalue weighted by molar-refractivity contribution is 5.87. The van der Waals surface area contributed by atoms with Crippen molar-refractivity contribution < 1.29 is 212 Å². The number of aliphatic hydroxyl groups excluding tert-OH is 21. The number of hydrogen-bond donors (Lipinski definition) is 24. The molecule has 46 atom stereocenters. The van der Waals surface area contributed by atoms with Crippen molar-refractivity contribution in [2.24, 2.45) is 50.2 Å². The van der Waals surface area contributed by atoms with Crippen molar-refractivity contribution in [1.82, 2.24) is 5.32 Å². The van der Waals surface area contributed by atoms with Gasteiger partial charge in [0.1, 0.15) is 170 Å². The molecular formula is C87H141NO43. The second-order valence-electron chi connectivity index (χ2n) is 40.1. The van der Waals surface area contributed by atoms with E-state index in [2.05, 4.69) is 38.7 Å². The zero-order chi connectivity index (χ0) is 95.3. The highest BCUT2D eigenvalue weighted by Gasteiger charge is 2.74. The van der Waals surface area contributed by atoms with Crippen LogP contribution < -0.4 is 5.32 Å². The van der Waals surface area contributed by atoms with E-state index in [1.807, 2.05) is 13.8 Å². The van der Waals surface area contributed by atoms with E-state index in [1.165, 1.54) is 32.9 Å². The van der Waals surface area contributed by atoms with E-state index in [1.54, 1.807) is 13.8 Å². The summed E-state index contributed by atoms with van der Waals surface area (Å²) in [6.45, 7) is 15.1. The average molecular weight is 1890 g/mol. The Hall–Kier alpha value is -3.89. The Morgan fingerprint density at radius 2 is 1.09 bits per heavy atom. The molecule has 752 valence electrons. The number of allylic oxidation sites excluding steroid dienone is 3. The van der Waals surface area contributed by atoms with Crippen molar-refractivity contribution in [1.29, 1.82) is 0 Å². The first-order valence-electron chi connectivity index (χ1n) is 44.8. The molecular weight excluding hydrogens is 1750 g/mol. The maximum atomic E-state index is 16.5. The number of amides is 1. The Balaban J connectivity index is 0.0000155. The molecule has 8 aliphatic heterocycles. The summed E-state index contributed by atoms with van der Waals surface area (Å²) in [7, 11) is 0. The van der Waals surface area contributed by atoms with E-state index in [9.17, 15) is 127 Å². The van der Waals surface area contributed by atoms with Crippen LogP contribution in [-0.4, -0.2) is 433 Å². The molecule has 5 aliphatic carbocycles. The third kappa shape index (κ3) is 19.9. The van der Waals surface area contributed by atoms with Crippen LogP contribution in [0, 0.1) is 50.2 Å². The van der Waals surface area contributed by atoms with Crippen LogP contribution in [0.4, 0.5) is 0 Å². The predicted molar refractivity (Wildman–Crippen MR) is 438 cm³/mol. The quantitative estimate of drug-likeness (QED) is 0.0150. The molecule has 131 heavy (non-hydrogen) atoms. The van der Waals surface area contributed by atoms with Crippen molar-refractivity contribution >= 4 is 17.8 Å². The molecule has 0 aromatic heterocycles. The number of carbonyl (C=O) groups excluding carboxylic acids is 3. The number of rotatable bonds is 28. The zero-order valence-electron chi connectivity index (χ0n) is 74.4. The van der Waals surface area contributed by atoms with Crippen LogP contribution >= 0.6 is 0 Å². The molecule has 0 spiro atoms. The van der Waals surface area contributed by atoms with Gasteiger partial charge in [0.25, 0.3) is 0 Å². The number of carbonyl (C=O) groups is 3. The number of ether oxygens (including phenoxy) is 17. The van der Waals surface area contributed by atoms with Crippen molar-refractivity contribution in [3.63, 3.8) is 0 Å². The van der Waals surface area contributed by atoms with Gasteiger partial charge in [0.2, 0.25) is 12.2 Å². The van der Waals surface area contributed by atoms with Crippen molar-refractivity contribution in [2.45, 2.75) is 379 Å². The molecule has 0 bridgehead atoms. The summed E-state index contributed by atoms with van der Waals surface area (Å²) in [6, 6.07) is -1.52. The van der Waals surface area contributed by atoms with Crippen LogP contribution in [0.5, 0.6) is 0 Å². The first-order chi connectivity index (χ1) is 60.9. The second kappa shape index (κ2) is 41.1. The number of fused-ring (bicyclic) bond motifs is 7. The van der Waals surface area contributed by atoms with Crippen molar-refractivity contribution in [2.75, 3.05) is 59.5 Å². The van der Waals surface area contributed by atoms with E-state index in [-0.39, 0.29) is 56.9 Å². The van der Waals surface area contributed by atoms with Crippen LogP contribution in [0.2, 0.25) is 0 Å². The lowest BCUT2D eigenvalue weighted by Crippen LogP contribution is -2.70. The average Bonchev–Trinajstić information content (AvgIpc) is 0.840. The third-order valence-electron chi connectivity index (χ3n) is 31.1. The van der Waals surface area contributed by atoms with Crippen LogP contribution in [0.15, 0.2) is 36.0 Å². The largest absolute Gasteiger partial charge is 0.459 e. The molecule has 13 rings (SSSR count). The Morgan fingerprint density at radius 3 is 1.71 bits per heavy atom. The van der Waals surface area contributed by atoms with Crippen LogP contribution in [-0.2, 0) is 94.9 Å². The minimum atomic E-state index is -2.31. The van der Waals surface area contributed by atoms with Crippen LogP contribution in [0.3, 0.4) is 0 Å². The summed E-state index contributed by atoms with van der Waals surface area (Å²) < 4.78 is 104. The molecule has 12 fully saturated rings. The Bertz CT molecular complexity index is 3920. The fourth-order valence-corrected chi connectivity index (χ4v) is 22.8. The molecule has 0 radical (unpaired) electrons. The van der Waals surface area contributed by atoms with Gasteiger partial charge in [-0.2, -0.15) is 0 Å². The number of hydrogen-bond acceptors (Lipinski definition) is 43. The minimum absolute atomic E-state index is 0. The van der Waals surface area contributed by atoms with Gasteiger partial charge < -0.3 is 203 Å². The first kappa shape index (κ1) is 106. The predicted octanol–water partition coefficient (Wildman–Crippen LogP) is -7.24. The van der Waals surface area contributed by atoms with Crippen molar-refractivity contribution in [3.8, 4) is 0 Å². The van der Waals surface area contributed by atoms with E-state index in [4.69, 9.17) is 80.5 Å². The SMILES string of the molecule is C.C=CC(C)(O)CC/C=C(\C)C(=O)OCC1OC(OC(=O)C23CCC4(C)C(=CCC5C6(C)CCC(OC7OC(COC8OC(CO)C(O)C(O)C8O)C(OC8OCC(O)C(O)C8OC8OCC(O)C(O)C8O)C(O)C7NC(C)=O)C(C)(C)C6CCC54C)C2CC(C)(C)C(O)C3O)C(OC2OCC(OC3OCC(O)(CO)C3O)C(O)C2O)C(O)C1OC1OC(CO)C(O)C(O)C1O. The molecule has 44 heteroatoms. The molecule has 8 heterocycles. The molecule has 0 aromatic rings. The molecule has 0 aromatic carbocycles. The third-order valence-corrected chi connectivity index (χ3v) is 31.1. The van der Waals surface area contributed by atoms with Gasteiger partial charge in [0, 0.05) is 12.5 Å². The lowest BCUT2D eigenvalue weighted by Gasteiger charge is -2.71. The summed E-state index contributed by atoms with van der Waals surface area (Å²) in [5.74, 6) is -4.14. The monoisotopic (exact) mass is 1890 g/mol. The fraction of sp³-hybridized carbons (Fsp3) is 0.897. The fourth-order valence-electron chi connectivity index (χ4n) is 22.8. The first-order valence-corrected chi connectivity index (χ1v) is 44.8. The van der Waals surface area contributed by atoms with Crippen LogP contribution in [0.25, 0.3) is 0 Å². The van der Waals surface area contributed by atoms with Crippen molar-refractivity contribution in [3.05, 3.63) is 36.0 Å². The standard InChI is InChI=1S/C86H137NO43.CH4/c1-12-81(8,112)19-13-14-34(2)69(110)114-30-43-63(126-74-60(105)56(101)52(97)41(26-89)121-74)61(106)65(129-73-58(103)53(98)42(29-117-73)122-77-68(109)85(113,32-90)33-119-77)76(124-43)130-78(111)86-23-22-83(10)36(37(86)24-79(4,5)66(107)67(86)108)15-16-46-82(9)20-18-47(80(6,7)45(82)17-21-84(46,83)11)125-70-48(87-35(3)91)54(99)62(44(123-70)31-118-71-59(104)55(100)51(96)40(25-88)120-71)127-75-64(50(95)39(93)28-116-75)128-72-57(102)49(94)38(92)27-115-72;/h12,14-15,37-68,70-77,88-90,92-109,112-113H,1,13,16-33H2,2-11H3,(H,87,91);1H4/b34-14+;. The summed E-state index contributed by atoms with van der Waals surface area (Å²) >= 11 is 0. The maximum Gasteiger partial charge on any atom is 0.333 e. The van der Waals surface area contributed by atoms with E-state index < -0.39 is 354 Å². The van der Waals surface area contributed by atoms with Gasteiger partial charge in [0.05, 0.1) is 76.8 Å². The van der Waals surface area contributed by atoms with Gasteiger partial charge in [-0.1, -0.05) is 79.7 Å². The molecule has 4 saturated carbocycles. The zero-order valence-corrected chi connectivity index (χ0v) is 74.4. The lowest BCUT2D eigenvalue weighted by atomic mass is 9.33. The smallest absolute Gasteiger partial charge is 0.333 e. The molecule has 13 aliphatic rings. The van der Waals surface area contributed by atoms with Gasteiger partial charge in [-0.3, -0.25) is 9.59 Å². The van der Waals surface area contributed by atoms with Gasteiger partial charge >= 0.3 is 11.9 Å². The van der Waals surface area contributed by atoms with Crippen LogP contribution in [0.1, 0.15) is 141 Å². The number of esters is 2. The Morgan fingerprint density at radius 1 is 0.542 bits per heavy atom. The van der Waals surface area contributed by atoms with Gasteiger partial charge in [-0.25, -0.2) is 4.79 Å². The molecule has 8 saturated heterocycles. The molecule has 24 N–H and O–H groups in total. The van der Waals surface area contributed by atoms with E-state index in [0.717, 1.165) is 5.57 Å².